The summed E-state index contributed by atoms with van der Waals surface area (Å²) in [6.45, 7) is 1.48. The summed E-state index contributed by atoms with van der Waals surface area (Å²) in [6, 6.07) is 6.06. The van der Waals surface area contributed by atoms with E-state index in [2.05, 4.69) is 5.48 Å². The zero-order chi connectivity index (χ0) is 14.4. The number of carbonyl (C=O) groups excluding carboxylic acids is 1. The minimum atomic E-state index is -0.456. The van der Waals surface area contributed by atoms with Gasteiger partial charge in [0.25, 0.3) is 5.69 Å². The molecular formula is C13H17ClN2O5. The number of nitro benzene ring substituents is 1. The Labute approximate surface area is 128 Å². The molecule has 0 unspecified atom stereocenters. The SMILES string of the molecule is Cl.O=C(ONCc1ccc([N+](=O)[O-])cc1)C1CCOCC1. The van der Waals surface area contributed by atoms with Gasteiger partial charge in [0.15, 0.2) is 0 Å². The lowest BCUT2D eigenvalue weighted by Crippen LogP contribution is -2.29. The quantitative estimate of drug-likeness (QED) is 0.660. The summed E-state index contributed by atoms with van der Waals surface area (Å²) in [7, 11) is 0. The van der Waals surface area contributed by atoms with Gasteiger partial charge in [0.2, 0.25) is 0 Å². The third-order valence-corrected chi connectivity index (χ3v) is 3.15. The lowest BCUT2D eigenvalue weighted by atomic mass is 10.0. The van der Waals surface area contributed by atoms with Gasteiger partial charge in [-0.1, -0.05) is 12.1 Å². The fraction of sp³-hybridized carbons (Fsp3) is 0.462. The number of rotatable bonds is 5. The standard InChI is InChI=1S/C13H16N2O5.ClH/c16-13(11-5-7-19-8-6-11)20-14-9-10-1-3-12(4-2-10)15(17)18;/h1-4,11,14H,5-9H2;1H. The maximum Gasteiger partial charge on any atom is 0.327 e. The fourth-order valence-electron chi connectivity index (χ4n) is 1.94. The van der Waals surface area contributed by atoms with Crippen LogP contribution in [-0.2, 0) is 20.9 Å². The van der Waals surface area contributed by atoms with E-state index in [1.807, 2.05) is 0 Å². The van der Waals surface area contributed by atoms with Gasteiger partial charge in [-0.25, -0.2) is 0 Å². The molecule has 0 spiro atoms. The summed E-state index contributed by atoms with van der Waals surface area (Å²) in [5.74, 6) is -0.400. The van der Waals surface area contributed by atoms with Crippen molar-refractivity contribution in [2.75, 3.05) is 13.2 Å². The molecule has 1 aliphatic rings. The number of carbonyl (C=O) groups is 1. The van der Waals surface area contributed by atoms with Crippen molar-refractivity contribution in [1.29, 1.82) is 0 Å². The van der Waals surface area contributed by atoms with E-state index in [1.165, 1.54) is 12.1 Å². The number of non-ortho nitro benzene ring substituents is 1. The minimum Gasteiger partial charge on any atom is -0.381 e. The van der Waals surface area contributed by atoms with Crippen LogP contribution >= 0.6 is 12.4 Å². The molecule has 1 N–H and O–H groups in total. The van der Waals surface area contributed by atoms with Gasteiger partial charge in [-0.05, 0) is 18.4 Å². The largest absolute Gasteiger partial charge is 0.381 e. The fourth-order valence-corrected chi connectivity index (χ4v) is 1.94. The van der Waals surface area contributed by atoms with Crippen molar-refractivity contribution in [2.24, 2.45) is 5.92 Å². The van der Waals surface area contributed by atoms with E-state index in [4.69, 9.17) is 9.57 Å². The topological polar surface area (TPSA) is 90.7 Å². The number of halogens is 1. The monoisotopic (exact) mass is 316 g/mol. The van der Waals surface area contributed by atoms with Gasteiger partial charge in [0, 0.05) is 25.3 Å². The van der Waals surface area contributed by atoms with Crippen LogP contribution in [0.1, 0.15) is 18.4 Å². The highest BCUT2D eigenvalue weighted by Gasteiger charge is 2.23. The van der Waals surface area contributed by atoms with Gasteiger partial charge in [-0.3, -0.25) is 14.9 Å². The zero-order valence-corrected chi connectivity index (χ0v) is 12.1. The first-order valence-electron chi connectivity index (χ1n) is 6.41. The highest BCUT2D eigenvalue weighted by Crippen LogP contribution is 2.16. The van der Waals surface area contributed by atoms with Crippen molar-refractivity contribution in [1.82, 2.24) is 5.48 Å². The average Bonchev–Trinajstić information content (AvgIpc) is 2.48. The normalized spacial score (nSPS) is 15.0. The highest BCUT2D eigenvalue weighted by atomic mass is 35.5. The van der Waals surface area contributed by atoms with E-state index in [0.717, 1.165) is 5.56 Å². The summed E-state index contributed by atoms with van der Waals surface area (Å²) < 4.78 is 5.17. The molecule has 0 atom stereocenters. The number of hydroxylamine groups is 1. The predicted octanol–water partition coefficient (Wildman–Crippen LogP) is 1.99. The number of benzene rings is 1. The molecule has 21 heavy (non-hydrogen) atoms. The Hall–Kier alpha value is -1.70. The molecule has 0 aliphatic carbocycles. The number of nitrogens with one attached hydrogen (secondary N) is 1. The van der Waals surface area contributed by atoms with Crippen LogP contribution in [0.2, 0.25) is 0 Å². The van der Waals surface area contributed by atoms with Crippen LogP contribution < -0.4 is 5.48 Å². The molecular weight excluding hydrogens is 300 g/mol. The first-order valence-corrected chi connectivity index (χ1v) is 6.41. The number of nitrogens with zero attached hydrogens (tertiary/aromatic N) is 1. The zero-order valence-electron chi connectivity index (χ0n) is 11.3. The van der Waals surface area contributed by atoms with Crippen molar-refractivity contribution >= 4 is 24.1 Å². The Morgan fingerprint density at radius 3 is 2.52 bits per heavy atom. The summed E-state index contributed by atoms with van der Waals surface area (Å²) in [5, 5.41) is 10.5. The lowest BCUT2D eigenvalue weighted by molar-refractivity contribution is -0.384. The lowest BCUT2D eigenvalue weighted by Gasteiger charge is -2.20. The molecule has 8 heteroatoms. The number of nitro groups is 1. The molecule has 1 aromatic carbocycles. The molecule has 1 heterocycles. The first kappa shape index (κ1) is 17.4. The Morgan fingerprint density at radius 2 is 1.95 bits per heavy atom. The van der Waals surface area contributed by atoms with Crippen molar-refractivity contribution < 1.29 is 19.3 Å². The maximum absolute atomic E-state index is 11.7. The van der Waals surface area contributed by atoms with Gasteiger partial charge in [0.1, 0.15) is 0 Å². The Balaban J connectivity index is 0.00000220. The molecule has 2 rings (SSSR count). The molecule has 7 nitrogen and oxygen atoms in total. The predicted molar refractivity (Wildman–Crippen MR) is 76.8 cm³/mol. The third kappa shape index (κ3) is 5.30. The van der Waals surface area contributed by atoms with Crippen LogP contribution in [-0.4, -0.2) is 24.1 Å². The number of hydrogen-bond donors (Lipinski definition) is 1. The van der Waals surface area contributed by atoms with Crippen molar-refractivity contribution in [2.45, 2.75) is 19.4 Å². The Bertz CT molecular complexity index is 474. The number of ether oxygens (including phenoxy) is 1. The first-order chi connectivity index (χ1) is 9.66. The molecule has 1 aromatic rings. The van der Waals surface area contributed by atoms with E-state index in [0.29, 0.717) is 32.6 Å². The summed E-state index contributed by atoms with van der Waals surface area (Å²) in [6.07, 6.45) is 1.36. The van der Waals surface area contributed by atoms with E-state index in [-0.39, 0.29) is 30.0 Å². The molecule has 1 fully saturated rings. The molecule has 1 aliphatic heterocycles. The molecule has 0 aromatic heterocycles. The second-order valence-electron chi connectivity index (χ2n) is 4.55. The molecule has 0 bridgehead atoms. The van der Waals surface area contributed by atoms with Gasteiger partial charge in [-0.15, -0.1) is 17.9 Å². The van der Waals surface area contributed by atoms with Gasteiger partial charge >= 0.3 is 5.97 Å². The maximum atomic E-state index is 11.7. The smallest absolute Gasteiger partial charge is 0.327 e. The van der Waals surface area contributed by atoms with Crippen molar-refractivity contribution in [3.63, 3.8) is 0 Å². The molecule has 0 amide bonds. The van der Waals surface area contributed by atoms with Crippen LogP contribution in [0, 0.1) is 16.0 Å². The van der Waals surface area contributed by atoms with Crippen LogP contribution in [0.3, 0.4) is 0 Å². The summed E-state index contributed by atoms with van der Waals surface area (Å²) >= 11 is 0. The second kappa shape index (κ2) is 8.56. The average molecular weight is 317 g/mol. The highest BCUT2D eigenvalue weighted by molar-refractivity contribution is 5.85. The van der Waals surface area contributed by atoms with Crippen LogP contribution in [0.25, 0.3) is 0 Å². The molecule has 116 valence electrons. The van der Waals surface area contributed by atoms with Crippen molar-refractivity contribution in [3.8, 4) is 0 Å². The van der Waals surface area contributed by atoms with E-state index >= 15 is 0 Å². The Kier molecular flexibility index (Phi) is 7.07. The van der Waals surface area contributed by atoms with Gasteiger partial charge < -0.3 is 9.57 Å². The third-order valence-electron chi connectivity index (χ3n) is 3.15. The van der Waals surface area contributed by atoms with Gasteiger partial charge in [-0.2, -0.15) is 0 Å². The molecule has 1 saturated heterocycles. The summed E-state index contributed by atoms with van der Waals surface area (Å²) in [4.78, 5) is 26.7. The molecule has 0 saturated carbocycles. The van der Waals surface area contributed by atoms with E-state index < -0.39 is 4.92 Å². The van der Waals surface area contributed by atoms with E-state index in [9.17, 15) is 14.9 Å². The van der Waals surface area contributed by atoms with Crippen LogP contribution in [0.15, 0.2) is 24.3 Å². The van der Waals surface area contributed by atoms with Crippen molar-refractivity contribution in [3.05, 3.63) is 39.9 Å². The number of hydrogen-bond acceptors (Lipinski definition) is 6. The molecule has 0 radical (unpaired) electrons. The minimum absolute atomic E-state index is 0. The Morgan fingerprint density at radius 1 is 1.33 bits per heavy atom. The van der Waals surface area contributed by atoms with Gasteiger partial charge in [0.05, 0.1) is 17.4 Å². The summed E-state index contributed by atoms with van der Waals surface area (Å²) in [5.41, 5.74) is 3.42. The van der Waals surface area contributed by atoms with E-state index in [1.54, 1.807) is 12.1 Å². The van der Waals surface area contributed by atoms with Crippen LogP contribution in [0.5, 0.6) is 0 Å². The second-order valence-corrected chi connectivity index (χ2v) is 4.55. The van der Waals surface area contributed by atoms with Crippen LogP contribution in [0.4, 0.5) is 5.69 Å².